The monoisotopic (exact) mass is 412 g/mol. The van der Waals surface area contributed by atoms with Gasteiger partial charge in [0.25, 0.3) is 0 Å². The lowest BCUT2D eigenvalue weighted by Gasteiger charge is -2.04. The smallest absolute Gasteiger partial charge is 0.250 e. The Morgan fingerprint density at radius 1 is 1.18 bits per heavy atom. The minimum atomic E-state index is -0.233. The zero-order valence-corrected chi connectivity index (χ0v) is 17.0. The topological polar surface area (TPSA) is 84.0 Å². The molecule has 0 aliphatic carbocycles. The summed E-state index contributed by atoms with van der Waals surface area (Å²) < 4.78 is 0. The molecule has 0 aliphatic heterocycles. The zero-order valence-electron chi connectivity index (χ0n) is 15.3. The first-order chi connectivity index (χ1) is 13.6. The Morgan fingerprint density at radius 3 is 2.71 bits per heavy atom. The first-order valence-corrected chi connectivity index (χ1v) is 10.6. The number of carbonyl (C=O) groups excluding carboxylic acids is 2. The van der Waals surface area contributed by atoms with Crippen molar-refractivity contribution < 1.29 is 9.59 Å². The van der Waals surface area contributed by atoms with Crippen molar-refractivity contribution in [2.45, 2.75) is 19.8 Å². The van der Waals surface area contributed by atoms with Crippen molar-refractivity contribution in [2.75, 3.05) is 11.9 Å². The second-order valence-electron chi connectivity index (χ2n) is 6.06. The number of nitrogens with zero attached hydrogens (tertiary/aromatic N) is 2. The number of thiazole rings is 2. The fraction of sp³-hybridized carbons (Fsp3) is 0.200. The van der Waals surface area contributed by atoms with E-state index < -0.39 is 0 Å². The average Bonchev–Trinajstić information content (AvgIpc) is 3.36. The molecule has 0 saturated carbocycles. The maximum Gasteiger partial charge on any atom is 0.250 e. The van der Waals surface area contributed by atoms with Crippen LogP contribution < -0.4 is 10.6 Å². The molecule has 2 amide bonds. The van der Waals surface area contributed by atoms with E-state index in [1.807, 2.05) is 22.9 Å². The van der Waals surface area contributed by atoms with Gasteiger partial charge in [0.05, 0.1) is 16.9 Å². The van der Waals surface area contributed by atoms with Gasteiger partial charge in [-0.05, 0) is 24.5 Å². The molecule has 0 aliphatic rings. The second kappa shape index (κ2) is 9.91. The van der Waals surface area contributed by atoms with Gasteiger partial charge in [-0.1, -0.05) is 24.3 Å². The van der Waals surface area contributed by atoms with Crippen LogP contribution in [0.2, 0.25) is 0 Å². The van der Waals surface area contributed by atoms with Gasteiger partial charge in [-0.2, -0.15) is 0 Å². The summed E-state index contributed by atoms with van der Waals surface area (Å²) in [6.45, 7) is 2.21. The largest absolute Gasteiger partial charge is 0.356 e. The van der Waals surface area contributed by atoms with E-state index in [-0.39, 0.29) is 11.8 Å². The van der Waals surface area contributed by atoms with Crippen LogP contribution in [0.3, 0.4) is 0 Å². The summed E-state index contributed by atoms with van der Waals surface area (Å²) in [5, 5.41) is 9.92. The van der Waals surface area contributed by atoms with Crippen molar-refractivity contribution in [3.63, 3.8) is 0 Å². The van der Waals surface area contributed by atoms with Crippen molar-refractivity contribution in [3.05, 3.63) is 57.9 Å². The number of nitrogens with one attached hydrogen (secondary N) is 2. The molecular formula is C20H20N4O2S2. The summed E-state index contributed by atoms with van der Waals surface area (Å²) in [5.74, 6) is -0.233. The number of hydrogen-bond donors (Lipinski definition) is 2. The SMILES string of the molecule is CC(=O)NCCCc1ccc(-c2csc(NC(=O)/C=C/c3cscn3)n2)cc1. The molecule has 2 aromatic heterocycles. The Hall–Kier alpha value is -2.84. The number of hydrogen-bond acceptors (Lipinski definition) is 6. The molecule has 3 rings (SSSR count). The Bertz CT molecular complexity index is 947. The van der Waals surface area contributed by atoms with Gasteiger partial charge in [0.1, 0.15) is 0 Å². The van der Waals surface area contributed by atoms with Crippen LogP contribution in [0.4, 0.5) is 5.13 Å². The number of aromatic nitrogens is 2. The molecule has 0 bridgehead atoms. The van der Waals surface area contributed by atoms with E-state index in [0.717, 1.165) is 29.8 Å². The van der Waals surface area contributed by atoms with Crippen LogP contribution in [0.1, 0.15) is 24.6 Å². The number of amides is 2. The molecular weight excluding hydrogens is 392 g/mol. The summed E-state index contributed by atoms with van der Waals surface area (Å²) in [5.41, 5.74) is 5.52. The molecule has 0 spiro atoms. The lowest BCUT2D eigenvalue weighted by atomic mass is 10.1. The highest BCUT2D eigenvalue weighted by atomic mass is 32.1. The van der Waals surface area contributed by atoms with Crippen molar-refractivity contribution in [2.24, 2.45) is 0 Å². The lowest BCUT2D eigenvalue weighted by molar-refractivity contribution is -0.119. The molecule has 0 atom stereocenters. The molecule has 144 valence electrons. The number of aryl methyl sites for hydroxylation is 1. The standard InChI is InChI=1S/C20H20N4O2S2/c1-14(25)21-10-2-3-15-4-6-16(7-5-15)18-12-28-20(23-18)24-19(26)9-8-17-11-27-13-22-17/h4-9,11-13H,2-3,10H2,1H3,(H,21,25)(H,23,24,26)/b9-8+. The molecule has 8 heteroatoms. The second-order valence-corrected chi connectivity index (χ2v) is 7.63. The van der Waals surface area contributed by atoms with Gasteiger partial charge in [-0.25, -0.2) is 9.97 Å². The maximum absolute atomic E-state index is 12.0. The van der Waals surface area contributed by atoms with E-state index in [0.29, 0.717) is 11.7 Å². The van der Waals surface area contributed by atoms with E-state index in [1.54, 1.807) is 11.6 Å². The summed E-state index contributed by atoms with van der Waals surface area (Å²) in [4.78, 5) is 31.4. The van der Waals surface area contributed by atoms with Gasteiger partial charge < -0.3 is 5.32 Å². The molecule has 28 heavy (non-hydrogen) atoms. The minimum Gasteiger partial charge on any atom is -0.356 e. The van der Waals surface area contributed by atoms with Crippen molar-refractivity contribution >= 4 is 45.7 Å². The molecule has 0 saturated heterocycles. The van der Waals surface area contributed by atoms with Gasteiger partial charge in [0.2, 0.25) is 11.8 Å². The first-order valence-electron chi connectivity index (χ1n) is 8.77. The third-order valence-electron chi connectivity index (χ3n) is 3.86. The normalized spacial score (nSPS) is 10.9. The van der Waals surface area contributed by atoms with Gasteiger partial charge in [-0.15, -0.1) is 22.7 Å². The highest BCUT2D eigenvalue weighted by Crippen LogP contribution is 2.25. The summed E-state index contributed by atoms with van der Waals surface area (Å²) in [7, 11) is 0. The molecule has 0 unspecified atom stereocenters. The van der Waals surface area contributed by atoms with Crippen molar-refractivity contribution in [1.29, 1.82) is 0 Å². The predicted octanol–water partition coefficient (Wildman–Crippen LogP) is 3.99. The summed E-state index contributed by atoms with van der Waals surface area (Å²) in [6.07, 6.45) is 4.93. The molecule has 3 aromatic rings. The van der Waals surface area contributed by atoms with Crippen LogP contribution in [0, 0.1) is 0 Å². The quantitative estimate of drug-likeness (QED) is 0.433. The summed E-state index contributed by atoms with van der Waals surface area (Å²) >= 11 is 2.87. The van der Waals surface area contributed by atoms with E-state index in [9.17, 15) is 9.59 Å². The Balaban J connectivity index is 1.53. The van der Waals surface area contributed by atoms with Gasteiger partial charge in [0.15, 0.2) is 5.13 Å². The van der Waals surface area contributed by atoms with Crippen LogP contribution in [-0.2, 0) is 16.0 Å². The van der Waals surface area contributed by atoms with E-state index in [1.165, 1.54) is 41.2 Å². The van der Waals surface area contributed by atoms with Crippen LogP contribution in [0.5, 0.6) is 0 Å². The van der Waals surface area contributed by atoms with Crippen molar-refractivity contribution in [3.8, 4) is 11.3 Å². The van der Waals surface area contributed by atoms with E-state index in [2.05, 4.69) is 32.7 Å². The highest BCUT2D eigenvalue weighted by Gasteiger charge is 2.07. The highest BCUT2D eigenvalue weighted by molar-refractivity contribution is 7.14. The summed E-state index contributed by atoms with van der Waals surface area (Å²) in [6, 6.07) is 8.18. The van der Waals surface area contributed by atoms with Gasteiger partial charge in [-0.3, -0.25) is 14.9 Å². The zero-order chi connectivity index (χ0) is 19.8. The molecule has 0 radical (unpaired) electrons. The number of carbonyl (C=O) groups is 2. The van der Waals surface area contributed by atoms with Gasteiger partial charge >= 0.3 is 0 Å². The lowest BCUT2D eigenvalue weighted by Crippen LogP contribution is -2.21. The average molecular weight is 413 g/mol. The van der Waals surface area contributed by atoms with Crippen LogP contribution in [-0.4, -0.2) is 28.3 Å². The third-order valence-corrected chi connectivity index (χ3v) is 5.22. The van der Waals surface area contributed by atoms with Crippen LogP contribution >= 0.6 is 22.7 Å². The Morgan fingerprint density at radius 2 is 2.00 bits per heavy atom. The molecule has 1 aromatic carbocycles. The minimum absolute atomic E-state index is 0.000368. The molecule has 2 N–H and O–H groups in total. The van der Waals surface area contributed by atoms with Crippen molar-refractivity contribution in [1.82, 2.24) is 15.3 Å². The Kier molecular flexibility index (Phi) is 7.05. The third kappa shape index (κ3) is 6.11. The van der Waals surface area contributed by atoms with Crippen LogP contribution in [0.25, 0.3) is 17.3 Å². The Labute approximate surface area is 171 Å². The molecule has 2 heterocycles. The van der Waals surface area contributed by atoms with Crippen LogP contribution in [0.15, 0.2) is 46.6 Å². The molecule has 6 nitrogen and oxygen atoms in total. The van der Waals surface area contributed by atoms with E-state index in [4.69, 9.17) is 0 Å². The predicted molar refractivity (Wildman–Crippen MR) is 114 cm³/mol. The fourth-order valence-electron chi connectivity index (χ4n) is 2.48. The number of rotatable bonds is 8. The first kappa shape index (κ1) is 19.9. The van der Waals surface area contributed by atoms with E-state index >= 15 is 0 Å². The maximum atomic E-state index is 12.0. The van der Waals surface area contributed by atoms with Gasteiger partial charge in [0, 0.05) is 35.9 Å². The number of anilines is 1. The number of benzene rings is 1. The molecule has 0 fully saturated rings. The fourth-order valence-corrected chi connectivity index (χ4v) is 3.72.